The van der Waals surface area contributed by atoms with Crippen LogP contribution < -0.4 is 5.56 Å². The normalized spacial score (nSPS) is 11.2. The summed E-state index contributed by atoms with van der Waals surface area (Å²) in [5.74, 6) is -0.0321. The number of benzene rings is 1. The van der Waals surface area contributed by atoms with Gasteiger partial charge in [0.05, 0.1) is 11.8 Å². The van der Waals surface area contributed by atoms with Crippen molar-refractivity contribution in [2.45, 2.75) is 33.2 Å². The van der Waals surface area contributed by atoms with Crippen molar-refractivity contribution < 1.29 is 4.79 Å². The highest BCUT2D eigenvalue weighted by Crippen LogP contribution is 2.29. The molecule has 3 rings (SSSR count). The lowest BCUT2D eigenvalue weighted by Gasteiger charge is -2.20. The minimum atomic E-state index is -0.138. The second kappa shape index (κ2) is 7.13. The van der Waals surface area contributed by atoms with Crippen LogP contribution >= 0.6 is 11.3 Å². The Balaban J connectivity index is 1.93. The van der Waals surface area contributed by atoms with Gasteiger partial charge in [0.15, 0.2) is 0 Å². The number of aromatic nitrogens is 2. The molecule has 0 aliphatic heterocycles. The summed E-state index contributed by atoms with van der Waals surface area (Å²) in [7, 11) is 0. The van der Waals surface area contributed by atoms with Gasteiger partial charge in [-0.15, -0.1) is 11.3 Å². The van der Waals surface area contributed by atoms with Crippen molar-refractivity contribution in [1.82, 2.24) is 14.5 Å². The lowest BCUT2D eigenvalue weighted by Crippen LogP contribution is -2.37. The van der Waals surface area contributed by atoms with Gasteiger partial charge in [-0.05, 0) is 19.4 Å². The number of nitrogens with zero attached hydrogens (tertiary/aromatic N) is 3. The van der Waals surface area contributed by atoms with Gasteiger partial charge >= 0.3 is 0 Å². The van der Waals surface area contributed by atoms with Crippen molar-refractivity contribution in [2.24, 2.45) is 0 Å². The monoisotopic (exact) mass is 343 g/mol. The lowest BCUT2D eigenvalue weighted by molar-refractivity contribution is -0.131. The third kappa shape index (κ3) is 3.06. The molecule has 0 aliphatic carbocycles. The van der Waals surface area contributed by atoms with E-state index in [9.17, 15) is 9.59 Å². The third-order valence-corrected chi connectivity index (χ3v) is 5.32. The maximum atomic E-state index is 12.7. The van der Waals surface area contributed by atoms with E-state index in [1.54, 1.807) is 4.90 Å². The molecule has 0 spiro atoms. The van der Waals surface area contributed by atoms with Gasteiger partial charge in [-0.1, -0.05) is 31.5 Å². The molecule has 0 unspecified atom stereocenters. The van der Waals surface area contributed by atoms with E-state index in [2.05, 4.69) is 11.9 Å². The summed E-state index contributed by atoms with van der Waals surface area (Å²) in [4.78, 5) is 31.4. The predicted molar refractivity (Wildman–Crippen MR) is 98.5 cm³/mol. The maximum Gasteiger partial charge on any atom is 0.271 e. The number of likely N-dealkylation sites (N-methyl/N-ethyl adjacent to an activating group) is 1. The molecule has 126 valence electrons. The molecule has 0 fully saturated rings. The molecular weight excluding hydrogens is 322 g/mol. The van der Waals surface area contributed by atoms with Crippen LogP contribution in [0.4, 0.5) is 0 Å². The fourth-order valence-corrected chi connectivity index (χ4v) is 3.89. The van der Waals surface area contributed by atoms with Crippen molar-refractivity contribution in [1.29, 1.82) is 0 Å². The fourth-order valence-electron chi connectivity index (χ4n) is 2.78. The summed E-state index contributed by atoms with van der Waals surface area (Å²) >= 11 is 1.44. The van der Waals surface area contributed by atoms with Crippen LogP contribution in [0.15, 0.2) is 35.4 Å². The van der Waals surface area contributed by atoms with E-state index in [1.807, 2.05) is 31.2 Å². The van der Waals surface area contributed by atoms with Crippen molar-refractivity contribution in [3.8, 4) is 0 Å². The molecule has 0 aliphatic rings. The van der Waals surface area contributed by atoms with E-state index < -0.39 is 0 Å². The number of amides is 1. The fraction of sp³-hybridized carbons (Fsp3) is 0.389. The minimum Gasteiger partial charge on any atom is -0.341 e. The Kier molecular flexibility index (Phi) is 4.94. The molecule has 0 bridgehead atoms. The van der Waals surface area contributed by atoms with Gasteiger partial charge in [-0.2, -0.15) is 0 Å². The smallest absolute Gasteiger partial charge is 0.271 e. The largest absolute Gasteiger partial charge is 0.341 e. The zero-order valence-electron chi connectivity index (χ0n) is 14.0. The molecule has 1 aromatic carbocycles. The molecule has 2 aromatic heterocycles. The first-order valence-corrected chi connectivity index (χ1v) is 9.11. The highest BCUT2D eigenvalue weighted by Gasteiger charge is 2.15. The number of hydrogen-bond donors (Lipinski definition) is 0. The molecule has 0 saturated carbocycles. The highest BCUT2D eigenvalue weighted by molar-refractivity contribution is 7.25. The molecule has 0 N–H and O–H groups in total. The Labute approximate surface area is 144 Å². The summed E-state index contributed by atoms with van der Waals surface area (Å²) in [6.45, 7) is 5.50. The molecule has 3 aromatic rings. The van der Waals surface area contributed by atoms with Gasteiger partial charge in [-0.3, -0.25) is 14.2 Å². The number of unbranched alkanes of at least 4 members (excludes halogenated alkanes) is 1. The van der Waals surface area contributed by atoms with Crippen LogP contribution in [0.1, 0.15) is 26.7 Å². The molecule has 0 saturated heterocycles. The van der Waals surface area contributed by atoms with E-state index in [0.717, 1.165) is 35.0 Å². The molecule has 0 radical (unpaired) electrons. The average molecular weight is 343 g/mol. The number of thiophene rings is 1. The van der Waals surface area contributed by atoms with Gasteiger partial charge in [0, 0.05) is 23.2 Å². The summed E-state index contributed by atoms with van der Waals surface area (Å²) in [6.07, 6.45) is 3.51. The van der Waals surface area contributed by atoms with E-state index in [4.69, 9.17) is 0 Å². The van der Waals surface area contributed by atoms with Crippen molar-refractivity contribution in [3.05, 3.63) is 40.9 Å². The van der Waals surface area contributed by atoms with Crippen molar-refractivity contribution >= 4 is 37.5 Å². The Bertz CT molecular complexity index is 929. The van der Waals surface area contributed by atoms with E-state index in [-0.39, 0.29) is 18.0 Å². The zero-order chi connectivity index (χ0) is 17.1. The number of carbonyl (C=O) groups is 1. The van der Waals surface area contributed by atoms with Gasteiger partial charge in [0.25, 0.3) is 5.56 Å². The average Bonchev–Trinajstić information content (AvgIpc) is 2.97. The van der Waals surface area contributed by atoms with Crippen LogP contribution in [0.5, 0.6) is 0 Å². The van der Waals surface area contributed by atoms with Crippen molar-refractivity contribution in [3.63, 3.8) is 0 Å². The number of carbonyl (C=O) groups excluding carboxylic acids is 1. The standard InChI is InChI=1S/C18H21N3O2S/c1-3-5-10-20(4-2)15(22)11-21-12-19-16-13-8-6-7-9-14(13)24-17(16)18(21)23/h6-9,12H,3-5,10-11H2,1-2H3. The molecule has 24 heavy (non-hydrogen) atoms. The summed E-state index contributed by atoms with van der Waals surface area (Å²) in [6, 6.07) is 7.85. The molecule has 1 amide bonds. The first kappa shape index (κ1) is 16.6. The van der Waals surface area contributed by atoms with E-state index in [0.29, 0.717) is 11.2 Å². The van der Waals surface area contributed by atoms with Crippen LogP contribution in [-0.2, 0) is 11.3 Å². The van der Waals surface area contributed by atoms with E-state index >= 15 is 0 Å². The predicted octanol–water partition coefficient (Wildman–Crippen LogP) is 3.26. The Morgan fingerprint density at radius 1 is 1.29 bits per heavy atom. The van der Waals surface area contributed by atoms with Gasteiger partial charge in [0.2, 0.25) is 5.91 Å². The Morgan fingerprint density at radius 3 is 2.83 bits per heavy atom. The zero-order valence-corrected chi connectivity index (χ0v) is 14.8. The Morgan fingerprint density at radius 2 is 2.08 bits per heavy atom. The molecule has 2 heterocycles. The summed E-state index contributed by atoms with van der Waals surface area (Å²) in [5, 5.41) is 0.992. The lowest BCUT2D eigenvalue weighted by atomic mass is 10.2. The maximum absolute atomic E-state index is 12.7. The van der Waals surface area contributed by atoms with Gasteiger partial charge < -0.3 is 4.90 Å². The van der Waals surface area contributed by atoms with Crippen molar-refractivity contribution in [2.75, 3.05) is 13.1 Å². The SMILES string of the molecule is CCCCN(CC)C(=O)Cn1cnc2c(sc3ccccc32)c1=O. The van der Waals surface area contributed by atoms with Crippen LogP contribution in [0.3, 0.4) is 0 Å². The highest BCUT2D eigenvalue weighted by atomic mass is 32.1. The second-order valence-electron chi connectivity index (χ2n) is 5.78. The first-order valence-electron chi connectivity index (χ1n) is 8.30. The topological polar surface area (TPSA) is 55.2 Å². The molecule has 6 heteroatoms. The van der Waals surface area contributed by atoms with Gasteiger partial charge in [-0.25, -0.2) is 4.98 Å². The molecular formula is C18H21N3O2S. The number of hydrogen-bond acceptors (Lipinski definition) is 4. The Hall–Kier alpha value is -2.21. The van der Waals surface area contributed by atoms with Gasteiger partial charge in [0.1, 0.15) is 11.2 Å². The molecule has 0 atom stereocenters. The second-order valence-corrected chi connectivity index (χ2v) is 6.83. The third-order valence-electron chi connectivity index (χ3n) is 4.17. The van der Waals surface area contributed by atoms with Crippen LogP contribution in [-0.4, -0.2) is 33.4 Å². The minimum absolute atomic E-state index is 0.0321. The summed E-state index contributed by atoms with van der Waals surface area (Å²) < 4.78 is 3.08. The first-order chi connectivity index (χ1) is 11.7. The number of fused-ring (bicyclic) bond motifs is 3. The van der Waals surface area contributed by atoms with Crippen LogP contribution in [0.2, 0.25) is 0 Å². The van der Waals surface area contributed by atoms with Crippen LogP contribution in [0, 0.1) is 0 Å². The summed E-state index contributed by atoms with van der Waals surface area (Å²) in [5.41, 5.74) is 0.587. The van der Waals surface area contributed by atoms with E-state index in [1.165, 1.54) is 22.2 Å². The number of rotatable bonds is 6. The van der Waals surface area contributed by atoms with Crippen LogP contribution in [0.25, 0.3) is 20.3 Å². The molecule has 5 nitrogen and oxygen atoms in total. The quantitative estimate of drug-likeness (QED) is 0.690.